The predicted octanol–water partition coefficient (Wildman–Crippen LogP) is 2.12. The molecule has 0 unspecified atom stereocenters. The summed E-state index contributed by atoms with van der Waals surface area (Å²) in [6, 6.07) is 7.94. The molecule has 2 aliphatic rings. The summed E-state index contributed by atoms with van der Waals surface area (Å²) in [6.07, 6.45) is 5.03. The van der Waals surface area contributed by atoms with Crippen molar-refractivity contribution < 1.29 is 9.59 Å². The number of rotatable bonds is 5. The fourth-order valence-electron chi connectivity index (χ4n) is 3.36. The minimum Gasteiger partial charge on any atom is -0.369 e. The van der Waals surface area contributed by atoms with Crippen LogP contribution in [0.1, 0.15) is 37.7 Å². The van der Waals surface area contributed by atoms with Crippen LogP contribution < -0.4 is 11.1 Å². The number of hydrogen-bond acceptors (Lipinski definition) is 3. The summed E-state index contributed by atoms with van der Waals surface area (Å²) in [5.41, 5.74) is 7.45. The molecule has 0 aromatic heterocycles. The van der Waals surface area contributed by atoms with E-state index >= 15 is 0 Å². The zero-order valence-corrected chi connectivity index (χ0v) is 13.5. The van der Waals surface area contributed by atoms with E-state index in [1.165, 1.54) is 0 Å². The lowest BCUT2D eigenvalue weighted by molar-refractivity contribution is -0.123. The van der Waals surface area contributed by atoms with Crippen LogP contribution in [0.25, 0.3) is 0 Å². The van der Waals surface area contributed by atoms with Crippen molar-refractivity contribution in [2.24, 2.45) is 17.6 Å². The highest BCUT2D eigenvalue weighted by molar-refractivity contribution is 5.93. The van der Waals surface area contributed by atoms with Crippen LogP contribution in [0.5, 0.6) is 0 Å². The minimum absolute atomic E-state index is 0.0551. The molecule has 2 fully saturated rings. The van der Waals surface area contributed by atoms with Crippen molar-refractivity contribution in [3.8, 4) is 0 Å². The number of nitrogens with zero attached hydrogens (tertiary/aromatic N) is 1. The monoisotopic (exact) mass is 315 g/mol. The van der Waals surface area contributed by atoms with Crippen molar-refractivity contribution in [1.82, 2.24) is 4.90 Å². The molecule has 1 saturated carbocycles. The number of amides is 2. The van der Waals surface area contributed by atoms with Crippen molar-refractivity contribution in [2.75, 3.05) is 18.4 Å². The summed E-state index contributed by atoms with van der Waals surface area (Å²) >= 11 is 0. The number of piperidine rings is 1. The topological polar surface area (TPSA) is 75.4 Å². The average molecular weight is 315 g/mol. The summed E-state index contributed by atoms with van der Waals surface area (Å²) in [7, 11) is 0. The van der Waals surface area contributed by atoms with Gasteiger partial charge >= 0.3 is 0 Å². The first-order valence-electron chi connectivity index (χ1n) is 8.54. The molecule has 5 nitrogen and oxygen atoms in total. The van der Waals surface area contributed by atoms with Gasteiger partial charge in [-0.2, -0.15) is 0 Å². The highest BCUT2D eigenvalue weighted by Crippen LogP contribution is 2.29. The number of nitrogens with one attached hydrogen (secondary N) is 1. The first-order valence-corrected chi connectivity index (χ1v) is 8.54. The Hall–Kier alpha value is -1.88. The molecule has 1 saturated heterocycles. The van der Waals surface area contributed by atoms with Crippen LogP contribution in [0.3, 0.4) is 0 Å². The van der Waals surface area contributed by atoms with Gasteiger partial charge in [-0.15, -0.1) is 0 Å². The van der Waals surface area contributed by atoms with E-state index in [0.29, 0.717) is 6.54 Å². The van der Waals surface area contributed by atoms with Crippen molar-refractivity contribution in [3.63, 3.8) is 0 Å². The van der Waals surface area contributed by atoms with E-state index in [2.05, 4.69) is 10.2 Å². The lowest BCUT2D eigenvalue weighted by Crippen LogP contribution is -2.40. The molecular formula is C18H25N3O2. The van der Waals surface area contributed by atoms with Crippen LogP contribution >= 0.6 is 0 Å². The maximum atomic E-state index is 12.2. The van der Waals surface area contributed by atoms with E-state index in [1.807, 2.05) is 24.3 Å². The lowest BCUT2D eigenvalue weighted by Gasteiger charge is -2.32. The van der Waals surface area contributed by atoms with E-state index in [-0.39, 0.29) is 23.7 Å². The summed E-state index contributed by atoms with van der Waals surface area (Å²) in [6.45, 7) is 2.42. The van der Waals surface area contributed by atoms with Crippen molar-refractivity contribution in [3.05, 3.63) is 29.8 Å². The van der Waals surface area contributed by atoms with Gasteiger partial charge in [0.2, 0.25) is 11.8 Å². The maximum absolute atomic E-state index is 12.2. The number of likely N-dealkylation sites (tertiary alicyclic amines) is 1. The first-order chi connectivity index (χ1) is 11.1. The highest BCUT2D eigenvalue weighted by atomic mass is 16.2. The smallest absolute Gasteiger partial charge is 0.227 e. The Morgan fingerprint density at radius 3 is 2.57 bits per heavy atom. The molecule has 1 atom stereocenters. The number of benzene rings is 1. The summed E-state index contributed by atoms with van der Waals surface area (Å²) in [4.78, 5) is 25.9. The van der Waals surface area contributed by atoms with Crippen LogP contribution in [-0.4, -0.2) is 29.8 Å². The van der Waals surface area contributed by atoms with Gasteiger partial charge in [-0.1, -0.05) is 24.6 Å². The fraction of sp³-hybridized carbons (Fsp3) is 0.556. The van der Waals surface area contributed by atoms with Crippen LogP contribution in [-0.2, 0) is 16.1 Å². The Balaban J connectivity index is 1.65. The van der Waals surface area contributed by atoms with Crippen molar-refractivity contribution >= 4 is 17.5 Å². The normalized spacial score (nSPS) is 22.3. The van der Waals surface area contributed by atoms with E-state index in [9.17, 15) is 9.59 Å². The van der Waals surface area contributed by atoms with Crippen LogP contribution in [0.2, 0.25) is 0 Å². The Bertz CT molecular complexity index is 583. The molecule has 3 N–H and O–H groups in total. The Labute approximate surface area is 137 Å². The Morgan fingerprint density at radius 1 is 1.13 bits per heavy atom. The molecule has 0 spiro atoms. The largest absolute Gasteiger partial charge is 0.369 e. The van der Waals surface area contributed by atoms with E-state index < -0.39 is 0 Å². The number of anilines is 1. The molecule has 1 aromatic carbocycles. The molecule has 2 amide bonds. The highest BCUT2D eigenvalue weighted by Gasteiger charge is 2.27. The van der Waals surface area contributed by atoms with Gasteiger partial charge in [0.05, 0.1) is 5.92 Å². The average Bonchev–Trinajstić information content (AvgIpc) is 2.47. The van der Waals surface area contributed by atoms with Gasteiger partial charge in [0, 0.05) is 24.7 Å². The molecule has 5 heteroatoms. The summed E-state index contributed by atoms with van der Waals surface area (Å²) in [5.74, 6) is 0.0522. The van der Waals surface area contributed by atoms with Gasteiger partial charge in [0.15, 0.2) is 0 Å². The zero-order valence-electron chi connectivity index (χ0n) is 13.5. The lowest BCUT2D eigenvalue weighted by atomic mass is 9.85. The molecule has 3 rings (SSSR count). The molecule has 0 radical (unpaired) electrons. The predicted molar refractivity (Wildman–Crippen MR) is 89.6 cm³/mol. The molecule has 1 aliphatic heterocycles. The van der Waals surface area contributed by atoms with Gasteiger partial charge in [-0.05, 0) is 43.9 Å². The van der Waals surface area contributed by atoms with Gasteiger partial charge in [0.1, 0.15) is 0 Å². The number of nitrogens with two attached hydrogens (primary N) is 1. The molecule has 124 valence electrons. The number of carbonyl (C=O) groups is 2. The first kappa shape index (κ1) is 16.0. The summed E-state index contributed by atoms with van der Waals surface area (Å²) in [5, 5.41) is 3.08. The van der Waals surface area contributed by atoms with Crippen LogP contribution in [0, 0.1) is 11.8 Å². The van der Waals surface area contributed by atoms with Gasteiger partial charge < -0.3 is 11.1 Å². The maximum Gasteiger partial charge on any atom is 0.227 e. The van der Waals surface area contributed by atoms with Crippen molar-refractivity contribution in [2.45, 2.75) is 38.6 Å². The van der Waals surface area contributed by atoms with Crippen LogP contribution in [0.15, 0.2) is 24.3 Å². The minimum atomic E-state index is -0.207. The molecule has 1 aliphatic carbocycles. The molecule has 1 aromatic rings. The number of hydrogen-bond donors (Lipinski definition) is 2. The second-order valence-electron chi connectivity index (χ2n) is 6.75. The van der Waals surface area contributed by atoms with Gasteiger partial charge in [0.25, 0.3) is 0 Å². The van der Waals surface area contributed by atoms with Crippen molar-refractivity contribution in [1.29, 1.82) is 0 Å². The number of carbonyl (C=O) groups excluding carboxylic acids is 2. The van der Waals surface area contributed by atoms with E-state index in [0.717, 1.165) is 56.4 Å². The Morgan fingerprint density at radius 2 is 1.87 bits per heavy atom. The van der Waals surface area contributed by atoms with Crippen LogP contribution in [0.4, 0.5) is 5.69 Å². The van der Waals surface area contributed by atoms with E-state index in [1.54, 1.807) is 0 Å². The second-order valence-corrected chi connectivity index (χ2v) is 6.75. The van der Waals surface area contributed by atoms with Gasteiger partial charge in [-0.3, -0.25) is 14.5 Å². The van der Waals surface area contributed by atoms with Gasteiger partial charge in [-0.25, -0.2) is 0 Å². The summed E-state index contributed by atoms with van der Waals surface area (Å²) < 4.78 is 0. The third-order valence-electron chi connectivity index (χ3n) is 5.05. The standard InChI is InChI=1S/C18H25N3O2/c19-17(22)15-8-4-10-21(12-15)11-14-5-1-2-9-16(14)20-18(23)13-6-3-7-13/h1-2,5,9,13,15H,3-4,6-8,10-12H2,(H2,19,22)(H,20,23)/t15-/m0/s1. The molecule has 23 heavy (non-hydrogen) atoms. The molecule has 1 heterocycles. The second kappa shape index (κ2) is 7.13. The number of primary amides is 1. The SMILES string of the molecule is NC(=O)[C@H]1CCCN(Cc2ccccc2NC(=O)C2CCC2)C1. The fourth-order valence-corrected chi connectivity index (χ4v) is 3.36. The zero-order chi connectivity index (χ0) is 16.2. The molecular weight excluding hydrogens is 290 g/mol. The third kappa shape index (κ3) is 3.91. The quantitative estimate of drug-likeness (QED) is 0.874. The van der Waals surface area contributed by atoms with E-state index in [4.69, 9.17) is 5.73 Å². The third-order valence-corrected chi connectivity index (χ3v) is 5.05. The Kier molecular flexibility index (Phi) is 4.96. The molecule has 0 bridgehead atoms. The number of para-hydroxylation sites is 1.